The molecule has 5 rings (SSSR count). The minimum atomic E-state index is -0.240. The molecule has 25 heavy (non-hydrogen) atoms. The minimum Gasteiger partial charge on any atom is -0.378 e. The molecule has 2 atom stereocenters. The van der Waals surface area contributed by atoms with Gasteiger partial charge in [-0.3, -0.25) is 0 Å². The van der Waals surface area contributed by atoms with Gasteiger partial charge in [0.1, 0.15) is 5.82 Å². The van der Waals surface area contributed by atoms with Crippen molar-refractivity contribution in [3.63, 3.8) is 0 Å². The van der Waals surface area contributed by atoms with E-state index in [1.165, 1.54) is 25.0 Å². The van der Waals surface area contributed by atoms with Gasteiger partial charge in [0.2, 0.25) is 10.1 Å². The molecule has 2 fully saturated rings. The maximum atomic E-state index is 13.1. The van der Waals surface area contributed by atoms with Crippen LogP contribution in [-0.2, 0) is 4.74 Å². The molecule has 3 heterocycles. The van der Waals surface area contributed by atoms with Gasteiger partial charge in [-0.25, -0.2) is 13.9 Å². The lowest BCUT2D eigenvalue weighted by atomic mass is 10.0. The van der Waals surface area contributed by atoms with Crippen molar-refractivity contribution in [1.82, 2.24) is 14.6 Å². The Kier molecular flexibility index (Phi) is 3.71. The van der Waals surface area contributed by atoms with Crippen LogP contribution in [0.3, 0.4) is 0 Å². The maximum Gasteiger partial charge on any atom is 0.214 e. The number of imidazole rings is 1. The predicted molar refractivity (Wildman–Crippen MR) is 95.4 cm³/mol. The van der Waals surface area contributed by atoms with Crippen LogP contribution in [-0.4, -0.2) is 33.4 Å². The fourth-order valence-corrected chi connectivity index (χ4v) is 4.31. The van der Waals surface area contributed by atoms with E-state index in [1.54, 1.807) is 28.0 Å². The molecule has 2 aromatic heterocycles. The highest BCUT2D eigenvalue weighted by Gasteiger charge is 2.36. The van der Waals surface area contributed by atoms with Crippen molar-refractivity contribution in [3.8, 4) is 11.3 Å². The standard InChI is InChI=1S/C18H19FN4OS/c19-13-5-3-11(4-6-13)15-10-23-18(21-15)25-17(22-23)20-14-7-8-24-16(9-14)12-1-2-12/h3-6,10,12,14,16H,1-2,7-9H2,(H,20,22). The fraction of sp³-hybridized carbons (Fsp3) is 0.444. The van der Waals surface area contributed by atoms with Crippen LogP contribution in [0.1, 0.15) is 25.7 Å². The Morgan fingerprint density at radius 1 is 1.20 bits per heavy atom. The Morgan fingerprint density at radius 2 is 2.04 bits per heavy atom. The van der Waals surface area contributed by atoms with Crippen LogP contribution < -0.4 is 5.32 Å². The van der Waals surface area contributed by atoms with Gasteiger partial charge in [-0.1, -0.05) is 11.3 Å². The van der Waals surface area contributed by atoms with Gasteiger partial charge in [0, 0.05) is 18.2 Å². The Balaban J connectivity index is 1.31. The van der Waals surface area contributed by atoms with Crippen LogP contribution in [0.4, 0.5) is 9.52 Å². The first-order valence-electron chi connectivity index (χ1n) is 8.75. The Labute approximate surface area is 148 Å². The number of nitrogens with one attached hydrogen (secondary N) is 1. The molecule has 1 aliphatic heterocycles. The third kappa shape index (κ3) is 3.14. The van der Waals surface area contributed by atoms with Gasteiger partial charge in [0.25, 0.3) is 0 Å². The number of fused-ring (bicyclic) bond motifs is 1. The van der Waals surface area contributed by atoms with Crippen LogP contribution in [0, 0.1) is 11.7 Å². The topological polar surface area (TPSA) is 51.5 Å². The van der Waals surface area contributed by atoms with Crippen molar-refractivity contribution >= 4 is 21.4 Å². The molecule has 1 aliphatic carbocycles. The minimum absolute atomic E-state index is 0.240. The SMILES string of the molecule is Fc1ccc(-c2cn3nc(NC4CCOC(C5CC5)C4)sc3n2)cc1. The van der Waals surface area contributed by atoms with Crippen LogP contribution in [0.15, 0.2) is 30.5 Å². The van der Waals surface area contributed by atoms with Gasteiger partial charge < -0.3 is 10.1 Å². The molecule has 2 unspecified atom stereocenters. The Hall–Kier alpha value is -1.99. The number of hydrogen-bond acceptors (Lipinski definition) is 5. The van der Waals surface area contributed by atoms with Crippen molar-refractivity contribution in [2.45, 2.75) is 37.8 Å². The van der Waals surface area contributed by atoms with Gasteiger partial charge in [0.15, 0.2) is 0 Å². The van der Waals surface area contributed by atoms with E-state index in [2.05, 4.69) is 15.4 Å². The van der Waals surface area contributed by atoms with Gasteiger partial charge >= 0.3 is 0 Å². The molecule has 3 aromatic rings. The molecule has 0 amide bonds. The summed E-state index contributed by atoms with van der Waals surface area (Å²) in [6.07, 6.45) is 7.02. The van der Waals surface area contributed by atoms with E-state index in [1.807, 2.05) is 6.20 Å². The van der Waals surface area contributed by atoms with Crippen molar-refractivity contribution in [3.05, 3.63) is 36.3 Å². The number of benzene rings is 1. The molecule has 5 nitrogen and oxygen atoms in total. The lowest BCUT2D eigenvalue weighted by molar-refractivity contribution is -0.00219. The zero-order valence-electron chi connectivity index (χ0n) is 13.7. The largest absolute Gasteiger partial charge is 0.378 e. The number of aromatic nitrogens is 3. The van der Waals surface area contributed by atoms with Crippen LogP contribution in [0.25, 0.3) is 16.2 Å². The number of nitrogens with zero attached hydrogens (tertiary/aromatic N) is 3. The molecular weight excluding hydrogens is 339 g/mol. The second kappa shape index (κ2) is 6.07. The maximum absolute atomic E-state index is 13.1. The summed E-state index contributed by atoms with van der Waals surface area (Å²) in [6, 6.07) is 6.80. The first kappa shape index (κ1) is 15.3. The lowest BCUT2D eigenvalue weighted by Gasteiger charge is -2.30. The van der Waals surface area contributed by atoms with Crippen molar-refractivity contribution < 1.29 is 9.13 Å². The third-order valence-corrected chi connectivity index (χ3v) is 5.83. The van der Waals surface area contributed by atoms with Gasteiger partial charge in [-0.05, 0) is 55.9 Å². The zero-order chi connectivity index (χ0) is 16.8. The summed E-state index contributed by atoms with van der Waals surface area (Å²) in [6.45, 7) is 0.829. The number of ether oxygens (including phenoxy) is 1. The van der Waals surface area contributed by atoms with Crippen molar-refractivity contribution in [2.75, 3.05) is 11.9 Å². The molecule has 1 aromatic carbocycles. The van der Waals surface area contributed by atoms with Gasteiger partial charge in [-0.15, -0.1) is 5.10 Å². The molecule has 2 aliphatic rings. The van der Waals surface area contributed by atoms with E-state index < -0.39 is 0 Å². The molecule has 1 N–H and O–H groups in total. The monoisotopic (exact) mass is 358 g/mol. The summed E-state index contributed by atoms with van der Waals surface area (Å²) < 4.78 is 20.7. The number of hydrogen-bond donors (Lipinski definition) is 1. The summed E-state index contributed by atoms with van der Waals surface area (Å²) in [5.74, 6) is 0.534. The highest BCUT2D eigenvalue weighted by Crippen LogP contribution is 2.38. The van der Waals surface area contributed by atoms with Gasteiger partial charge in [0.05, 0.1) is 18.0 Å². The quantitative estimate of drug-likeness (QED) is 0.767. The molecule has 7 heteroatoms. The van der Waals surface area contributed by atoms with Crippen LogP contribution in [0.5, 0.6) is 0 Å². The molecule has 130 valence electrons. The Bertz CT molecular complexity index is 855. The fourth-order valence-electron chi connectivity index (χ4n) is 3.45. The third-order valence-electron chi connectivity index (χ3n) is 4.97. The summed E-state index contributed by atoms with van der Waals surface area (Å²) in [5, 5.41) is 9.05. The average molecular weight is 358 g/mol. The van der Waals surface area contributed by atoms with Crippen LogP contribution >= 0.6 is 11.3 Å². The molecule has 0 radical (unpaired) electrons. The first-order valence-corrected chi connectivity index (χ1v) is 9.56. The second-order valence-corrected chi connectivity index (χ2v) is 7.84. The summed E-state index contributed by atoms with van der Waals surface area (Å²) >= 11 is 1.55. The van der Waals surface area contributed by atoms with E-state index in [9.17, 15) is 4.39 Å². The molecule has 1 saturated carbocycles. The second-order valence-electron chi connectivity index (χ2n) is 6.88. The van der Waals surface area contributed by atoms with Crippen molar-refractivity contribution in [1.29, 1.82) is 0 Å². The molecule has 0 spiro atoms. The normalized spacial score (nSPS) is 23.9. The summed E-state index contributed by atoms with van der Waals surface area (Å²) in [5.41, 5.74) is 1.70. The lowest BCUT2D eigenvalue weighted by Crippen LogP contribution is -2.35. The predicted octanol–water partition coefficient (Wildman–Crippen LogP) is 3.97. The summed E-state index contributed by atoms with van der Waals surface area (Å²) in [4.78, 5) is 5.45. The van der Waals surface area contributed by atoms with Crippen LogP contribution in [0.2, 0.25) is 0 Å². The number of halogens is 1. The van der Waals surface area contributed by atoms with Crippen molar-refractivity contribution in [2.24, 2.45) is 5.92 Å². The first-order chi connectivity index (χ1) is 12.2. The Morgan fingerprint density at radius 3 is 2.80 bits per heavy atom. The molecule has 0 bridgehead atoms. The van der Waals surface area contributed by atoms with E-state index in [0.717, 1.165) is 46.7 Å². The van der Waals surface area contributed by atoms with Gasteiger partial charge in [-0.2, -0.15) is 0 Å². The van der Waals surface area contributed by atoms with E-state index >= 15 is 0 Å². The molecular formula is C18H19FN4OS. The van der Waals surface area contributed by atoms with E-state index in [0.29, 0.717) is 12.1 Å². The smallest absolute Gasteiger partial charge is 0.214 e. The highest BCUT2D eigenvalue weighted by molar-refractivity contribution is 7.20. The number of anilines is 1. The highest BCUT2D eigenvalue weighted by atomic mass is 32.1. The van der Waals surface area contributed by atoms with E-state index in [4.69, 9.17) is 4.74 Å². The zero-order valence-corrected chi connectivity index (χ0v) is 14.5. The summed E-state index contributed by atoms with van der Waals surface area (Å²) in [7, 11) is 0. The van der Waals surface area contributed by atoms with E-state index in [-0.39, 0.29) is 5.82 Å². The average Bonchev–Trinajstić information content (AvgIpc) is 3.29. The number of rotatable bonds is 4. The molecule has 1 saturated heterocycles.